The zero-order valence-corrected chi connectivity index (χ0v) is 34.4. The van der Waals surface area contributed by atoms with Gasteiger partial charge in [0.05, 0.1) is 23.4 Å². The molecule has 2 aromatic rings. The Kier molecular flexibility index (Phi) is 12.0. The first-order valence-electron chi connectivity index (χ1n) is 19.3. The molecular formula is C42H59N5O6S. The van der Waals surface area contributed by atoms with Crippen molar-refractivity contribution in [3.05, 3.63) is 41.0 Å². The van der Waals surface area contributed by atoms with Crippen LogP contribution in [0.5, 0.6) is 0 Å². The molecule has 2 unspecified atom stereocenters. The van der Waals surface area contributed by atoms with Gasteiger partial charge in [-0.05, 0) is 67.8 Å². The van der Waals surface area contributed by atoms with E-state index in [1.54, 1.807) is 14.1 Å². The highest BCUT2D eigenvalue weighted by atomic mass is 32.1. The molecule has 0 aliphatic heterocycles. The van der Waals surface area contributed by atoms with E-state index in [4.69, 9.17) is 0 Å². The summed E-state index contributed by atoms with van der Waals surface area (Å²) in [4.78, 5) is 89.0. The van der Waals surface area contributed by atoms with Gasteiger partial charge in [0.1, 0.15) is 16.5 Å². The van der Waals surface area contributed by atoms with Gasteiger partial charge in [-0.2, -0.15) is 0 Å². The van der Waals surface area contributed by atoms with E-state index in [0.717, 1.165) is 24.8 Å². The van der Waals surface area contributed by atoms with E-state index in [0.29, 0.717) is 22.7 Å². The topological polar surface area (TPSA) is 155 Å². The van der Waals surface area contributed by atoms with Crippen LogP contribution in [0.4, 0.5) is 0 Å². The van der Waals surface area contributed by atoms with Crippen LogP contribution in [0.15, 0.2) is 30.3 Å². The Morgan fingerprint density at radius 2 is 1.63 bits per heavy atom. The lowest BCUT2D eigenvalue weighted by atomic mass is 9.69. The van der Waals surface area contributed by atoms with E-state index >= 15 is 0 Å². The molecule has 12 heteroatoms. The fraction of sp³-hybridized carbons (Fsp3) is 0.643. The molecule has 1 aromatic carbocycles. The van der Waals surface area contributed by atoms with Gasteiger partial charge in [-0.25, -0.2) is 4.98 Å². The SMILES string of the molecule is CN(C)C(=O)c1nc(CNC(=O)C(=O)C(CC2CCC2)NC(=O)[C@H]2C(C(=O)[C@@H](CC(=O)NC(C)(C)C)C(C)(C)C)C[C@H]3[C@@H]2C3(C)C)sc1-c1ccccc1. The predicted molar refractivity (Wildman–Crippen MR) is 209 cm³/mol. The maximum absolute atomic E-state index is 14.4. The Hall–Kier alpha value is -3.93. The Balaban J connectivity index is 1.33. The summed E-state index contributed by atoms with van der Waals surface area (Å²) < 4.78 is 0. The van der Waals surface area contributed by atoms with Crippen molar-refractivity contribution in [1.29, 1.82) is 0 Å². The fourth-order valence-electron chi connectivity index (χ4n) is 8.55. The molecule has 0 spiro atoms. The highest BCUT2D eigenvalue weighted by molar-refractivity contribution is 7.15. The van der Waals surface area contributed by atoms with Crippen LogP contribution < -0.4 is 16.0 Å². The number of fused-ring (bicyclic) bond motifs is 1. The van der Waals surface area contributed by atoms with Gasteiger partial charge in [0.2, 0.25) is 17.6 Å². The molecule has 294 valence electrons. The molecule has 3 aliphatic carbocycles. The van der Waals surface area contributed by atoms with Gasteiger partial charge in [-0.3, -0.25) is 28.8 Å². The summed E-state index contributed by atoms with van der Waals surface area (Å²) in [6, 6.07) is 8.37. The number of hydrogen-bond donors (Lipinski definition) is 3. The smallest absolute Gasteiger partial charge is 0.289 e. The Labute approximate surface area is 324 Å². The Bertz CT molecular complexity index is 1770. The second-order valence-electron chi connectivity index (χ2n) is 18.6. The summed E-state index contributed by atoms with van der Waals surface area (Å²) in [5, 5.41) is 9.15. The number of nitrogens with one attached hydrogen (secondary N) is 3. The van der Waals surface area contributed by atoms with Gasteiger partial charge >= 0.3 is 0 Å². The highest BCUT2D eigenvalue weighted by Crippen LogP contribution is 2.71. The maximum atomic E-state index is 14.4. The van der Waals surface area contributed by atoms with Gasteiger partial charge in [0.15, 0.2) is 0 Å². The molecule has 3 fully saturated rings. The molecule has 0 radical (unpaired) electrons. The van der Waals surface area contributed by atoms with Crippen molar-refractivity contribution in [3.63, 3.8) is 0 Å². The molecule has 11 nitrogen and oxygen atoms in total. The standard InChI is InChI=1S/C42H59N5O6S/c1-40(2,3)27(21-29(48)46-41(4,5)6)34(49)25-20-26-32(42(26,7)8)31(25)37(51)44-28(19-23-15-14-16-23)35(50)38(52)43-22-30-45-33(39(53)47(9)10)36(54-30)24-17-12-11-13-18-24/h11-13,17-18,23,25-28,31-32H,14-16,19-22H2,1-10H3,(H,43,52)(H,44,51)(H,46,48)/t25?,26-,27+,28?,31-,32-/m0/s1. The molecule has 0 bridgehead atoms. The van der Waals surface area contributed by atoms with Gasteiger partial charge < -0.3 is 20.9 Å². The molecule has 6 atom stereocenters. The first kappa shape index (κ1) is 41.2. The summed E-state index contributed by atoms with van der Waals surface area (Å²) in [5.41, 5.74) is -0.00583. The quantitative estimate of drug-likeness (QED) is 0.205. The zero-order chi connectivity index (χ0) is 39.9. The highest BCUT2D eigenvalue weighted by Gasteiger charge is 2.70. The molecule has 1 aromatic heterocycles. The summed E-state index contributed by atoms with van der Waals surface area (Å²) in [7, 11) is 3.30. The molecule has 3 saturated carbocycles. The predicted octanol–water partition coefficient (Wildman–Crippen LogP) is 5.82. The largest absolute Gasteiger partial charge is 0.351 e. The van der Waals surface area contributed by atoms with Gasteiger partial charge in [0, 0.05) is 37.9 Å². The number of thiazole rings is 1. The third-order valence-electron chi connectivity index (χ3n) is 11.8. The van der Waals surface area contributed by atoms with Crippen LogP contribution in [-0.2, 0) is 30.5 Å². The summed E-state index contributed by atoms with van der Waals surface area (Å²) in [6.45, 7) is 15.7. The number of carbonyl (C=O) groups is 6. The molecule has 3 aliphatic rings. The first-order chi connectivity index (χ1) is 25.1. The molecule has 1 heterocycles. The van der Waals surface area contributed by atoms with Crippen molar-refractivity contribution in [2.24, 2.45) is 46.3 Å². The van der Waals surface area contributed by atoms with Crippen LogP contribution in [0.1, 0.15) is 109 Å². The van der Waals surface area contributed by atoms with Gasteiger partial charge in [0.25, 0.3) is 11.8 Å². The Morgan fingerprint density at radius 3 is 2.19 bits per heavy atom. The van der Waals surface area contributed by atoms with Crippen LogP contribution >= 0.6 is 11.3 Å². The van der Waals surface area contributed by atoms with Crippen molar-refractivity contribution in [2.45, 2.75) is 112 Å². The number of nitrogens with zero attached hydrogens (tertiary/aromatic N) is 2. The van der Waals surface area contributed by atoms with Crippen LogP contribution in [0.3, 0.4) is 0 Å². The number of rotatable bonds is 14. The van der Waals surface area contributed by atoms with Crippen LogP contribution in [0.2, 0.25) is 0 Å². The molecule has 54 heavy (non-hydrogen) atoms. The van der Waals surface area contributed by atoms with Crippen LogP contribution in [0.25, 0.3) is 10.4 Å². The van der Waals surface area contributed by atoms with E-state index in [1.807, 2.05) is 71.9 Å². The fourth-order valence-corrected chi connectivity index (χ4v) is 9.55. The lowest BCUT2D eigenvalue weighted by molar-refractivity contribution is -0.143. The van der Waals surface area contributed by atoms with Crippen molar-refractivity contribution in [3.8, 4) is 10.4 Å². The van der Waals surface area contributed by atoms with Gasteiger partial charge in [-0.15, -0.1) is 11.3 Å². The minimum absolute atomic E-state index is 0.0306. The van der Waals surface area contributed by atoms with E-state index in [1.165, 1.54) is 16.2 Å². The first-order valence-corrected chi connectivity index (χ1v) is 20.2. The number of aromatic nitrogens is 1. The minimum atomic E-state index is -1.04. The average Bonchev–Trinajstić information content (AvgIpc) is 3.41. The van der Waals surface area contributed by atoms with Crippen molar-refractivity contribution >= 4 is 46.5 Å². The van der Waals surface area contributed by atoms with E-state index in [-0.39, 0.29) is 65.3 Å². The molecule has 5 rings (SSSR count). The monoisotopic (exact) mass is 761 g/mol. The summed E-state index contributed by atoms with van der Waals surface area (Å²) in [6.07, 6.45) is 3.79. The van der Waals surface area contributed by atoms with E-state index in [9.17, 15) is 28.8 Å². The second-order valence-corrected chi connectivity index (χ2v) is 19.7. The van der Waals surface area contributed by atoms with Crippen molar-refractivity contribution in [2.75, 3.05) is 14.1 Å². The molecular weight excluding hydrogens is 703 g/mol. The van der Waals surface area contributed by atoms with Crippen LogP contribution in [0, 0.1) is 46.3 Å². The summed E-state index contributed by atoms with van der Waals surface area (Å²) in [5.74, 6) is -3.99. The number of hydrogen-bond acceptors (Lipinski definition) is 8. The molecule has 0 saturated heterocycles. The number of amides is 4. The van der Waals surface area contributed by atoms with Crippen molar-refractivity contribution in [1.82, 2.24) is 25.8 Å². The number of Topliss-reactive ketones (excluding diaryl/α,β-unsaturated/α-hetero) is 2. The number of benzene rings is 1. The average molecular weight is 762 g/mol. The third-order valence-corrected chi connectivity index (χ3v) is 12.9. The van der Waals surface area contributed by atoms with Crippen molar-refractivity contribution < 1.29 is 28.8 Å². The summed E-state index contributed by atoms with van der Waals surface area (Å²) >= 11 is 1.28. The maximum Gasteiger partial charge on any atom is 0.289 e. The third kappa shape index (κ3) is 9.12. The minimum Gasteiger partial charge on any atom is -0.351 e. The lowest BCUT2D eigenvalue weighted by Crippen LogP contribution is -2.52. The van der Waals surface area contributed by atoms with E-state index in [2.05, 4.69) is 34.8 Å². The lowest BCUT2D eigenvalue weighted by Gasteiger charge is -2.35. The van der Waals surface area contributed by atoms with E-state index < -0.39 is 46.4 Å². The Morgan fingerprint density at radius 1 is 0.981 bits per heavy atom. The zero-order valence-electron chi connectivity index (χ0n) is 33.6. The normalized spacial score (nSPS) is 22.9. The van der Waals surface area contributed by atoms with Gasteiger partial charge in [-0.1, -0.05) is 84.2 Å². The molecule has 4 amide bonds. The number of carbonyl (C=O) groups excluding carboxylic acids is 6. The van der Waals surface area contributed by atoms with Crippen LogP contribution in [-0.4, -0.2) is 70.8 Å². The molecule has 3 N–H and O–H groups in total. The number of ketones is 2. The second kappa shape index (κ2) is 15.7.